The Morgan fingerprint density at radius 3 is 3.00 bits per heavy atom. The molecule has 0 saturated carbocycles. The number of methoxy groups -OCH3 is 1. The first-order chi connectivity index (χ1) is 8.78. The highest BCUT2D eigenvalue weighted by atomic mass is 16.5. The number of H-pyrrole nitrogens is 1. The van der Waals surface area contributed by atoms with Crippen LogP contribution in [0.5, 0.6) is 5.75 Å². The summed E-state index contributed by atoms with van der Waals surface area (Å²) in [5, 5.41) is 4.79. The van der Waals surface area contributed by atoms with E-state index in [1.165, 1.54) is 41.5 Å². The molecule has 0 aliphatic carbocycles. The topological polar surface area (TPSA) is 37.0 Å². The highest BCUT2D eigenvalue weighted by molar-refractivity contribution is 5.85. The Balaban J connectivity index is 1.97. The summed E-state index contributed by atoms with van der Waals surface area (Å²) < 4.78 is 5.27. The van der Waals surface area contributed by atoms with Crippen LogP contribution < -0.4 is 10.1 Å². The predicted octanol–water partition coefficient (Wildman–Crippen LogP) is 2.64. The first-order valence-corrected chi connectivity index (χ1v) is 6.64. The molecule has 0 spiro atoms. The number of ether oxygens (including phenoxy) is 1. The molecule has 3 heteroatoms. The van der Waals surface area contributed by atoms with E-state index in [4.69, 9.17) is 4.74 Å². The number of nitrogens with one attached hydrogen (secondary N) is 2. The van der Waals surface area contributed by atoms with Crippen LogP contribution in [0.15, 0.2) is 18.2 Å². The highest BCUT2D eigenvalue weighted by Crippen LogP contribution is 2.28. The average Bonchev–Trinajstić information content (AvgIpc) is 2.98. The van der Waals surface area contributed by atoms with Gasteiger partial charge in [0.1, 0.15) is 5.75 Å². The van der Waals surface area contributed by atoms with Crippen LogP contribution in [0.3, 0.4) is 0 Å². The molecule has 1 saturated heterocycles. The standard InChI is InChI=1S/C15H20N2O/c1-10-14(7-11-5-6-16-9-11)13-4-3-12(18-2)8-15(13)17-10/h3-4,8,11,16-17H,5-7,9H2,1-2H3. The second-order valence-electron chi connectivity index (χ2n) is 5.20. The number of aryl methyl sites for hydroxylation is 1. The number of benzene rings is 1. The second-order valence-corrected chi connectivity index (χ2v) is 5.20. The SMILES string of the molecule is COc1ccc2c(CC3CCNC3)c(C)[nH]c2c1. The van der Waals surface area contributed by atoms with E-state index in [9.17, 15) is 0 Å². The minimum Gasteiger partial charge on any atom is -0.497 e. The lowest BCUT2D eigenvalue weighted by Crippen LogP contribution is -2.11. The highest BCUT2D eigenvalue weighted by Gasteiger charge is 2.18. The number of rotatable bonds is 3. The lowest BCUT2D eigenvalue weighted by Gasteiger charge is -2.08. The second kappa shape index (κ2) is 4.65. The summed E-state index contributed by atoms with van der Waals surface area (Å²) in [6, 6.07) is 6.31. The Labute approximate surface area is 108 Å². The van der Waals surface area contributed by atoms with E-state index in [2.05, 4.69) is 29.4 Å². The van der Waals surface area contributed by atoms with E-state index in [-0.39, 0.29) is 0 Å². The molecule has 2 heterocycles. The number of hydrogen-bond donors (Lipinski definition) is 2. The third kappa shape index (κ3) is 1.99. The maximum atomic E-state index is 5.27. The number of hydrogen-bond acceptors (Lipinski definition) is 2. The molecule has 3 nitrogen and oxygen atoms in total. The van der Waals surface area contributed by atoms with E-state index in [0.717, 1.165) is 18.2 Å². The van der Waals surface area contributed by atoms with Gasteiger partial charge in [-0.2, -0.15) is 0 Å². The van der Waals surface area contributed by atoms with Crippen molar-refractivity contribution >= 4 is 10.9 Å². The lowest BCUT2D eigenvalue weighted by molar-refractivity contribution is 0.415. The molecule has 1 aliphatic rings. The number of aromatic nitrogens is 1. The van der Waals surface area contributed by atoms with E-state index in [1.807, 2.05) is 6.07 Å². The molecular weight excluding hydrogens is 224 g/mol. The van der Waals surface area contributed by atoms with Gasteiger partial charge >= 0.3 is 0 Å². The van der Waals surface area contributed by atoms with Crippen molar-refractivity contribution in [1.82, 2.24) is 10.3 Å². The molecular formula is C15H20N2O. The number of aromatic amines is 1. The Kier molecular flexibility index (Phi) is 3.00. The van der Waals surface area contributed by atoms with E-state index in [0.29, 0.717) is 0 Å². The molecule has 1 fully saturated rings. The molecule has 1 aromatic heterocycles. The van der Waals surface area contributed by atoms with Crippen LogP contribution in [0.4, 0.5) is 0 Å². The fourth-order valence-electron chi connectivity index (χ4n) is 2.94. The van der Waals surface area contributed by atoms with E-state index < -0.39 is 0 Å². The molecule has 0 amide bonds. The van der Waals surface area contributed by atoms with Gasteiger partial charge in [-0.25, -0.2) is 0 Å². The molecule has 1 aromatic carbocycles. The van der Waals surface area contributed by atoms with Gasteiger partial charge in [0, 0.05) is 22.7 Å². The average molecular weight is 244 g/mol. The third-order valence-corrected chi connectivity index (χ3v) is 3.98. The number of fused-ring (bicyclic) bond motifs is 1. The van der Waals surface area contributed by atoms with Crippen molar-refractivity contribution in [3.63, 3.8) is 0 Å². The first-order valence-electron chi connectivity index (χ1n) is 6.64. The van der Waals surface area contributed by atoms with Crippen molar-refractivity contribution in [2.45, 2.75) is 19.8 Å². The Bertz CT molecular complexity index is 553. The van der Waals surface area contributed by atoms with Crippen molar-refractivity contribution in [2.75, 3.05) is 20.2 Å². The summed E-state index contributed by atoms with van der Waals surface area (Å²) in [6.07, 6.45) is 2.47. The van der Waals surface area contributed by atoms with Crippen LogP contribution in [0.2, 0.25) is 0 Å². The van der Waals surface area contributed by atoms with Gasteiger partial charge in [0.15, 0.2) is 0 Å². The Hall–Kier alpha value is -1.48. The predicted molar refractivity (Wildman–Crippen MR) is 74.3 cm³/mol. The van der Waals surface area contributed by atoms with Gasteiger partial charge in [-0.15, -0.1) is 0 Å². The Morgan fingerprint density at radius 1 is 1.39 bits per heavy atom. The summed E-state index contributed by atoms with van der Waals surface area (Å²) in [6.45, 7) is 4.49. The largest absolute Gasteiger partial charge is 0.497 e. The molecule has 3 rings (SSSR count). The van der Waals surface area contributed by atoms with Gasteiger partial charge in [0.05, 0.1) is 7.11 Å². The summed E-state index contributed by atoms with van der Waals surface area (Å²) in [7, 11) is 1.71. The van der Waals surface area contributed by atoms with Gasteiger partial charge in [-0.1, -0.05) is 0 Å². The summed E-state index contributed by atoms with van der Waals surface area (Å²) in [5.41, 5.74) is 3.96. The third-order valence-electron chi connectivity index (χ3n) is 3.98. The van der Waals surface area contributed by atoms with Crippen LogP contribution in [-0.4, -0.2) is 25.2 Å². The van der Waals surface area contributed by atoms with Gasteiger partial charge in [0.2, 0.25) is 0 Å². The van der Waals surface area contributed by atoms with Crippen LogP contribution in [0.25, 0.3) is 10.9 Å². The quantitative estimate of drug-likeness (QED) is 0.871. The van der Waals surface area contributed by atoms with Crippen LogP contribution in [-0.2, 0) is 6.42 Å². The molecule has 0 bridgehead atoms. The monoisotopic (exact) mass is 244 g/mol. The minimum absolute atomic E-state index is 0.782. The van der Waals surface area contributed by atoms with Crippen molar-refractivity contribution in [3.05, 3.63) is 29.5 Å². The van der Waals surface area contributed by atoms with E-state index in [1.54, 1.807) is 7.11 Å². The van der Waals surface area contributed by atoms with Crippen LogP contribution in [0, 0.1) is 12.8 Å². The lowest BCUT2D eigenvalue weighted by atomic mass is 9.96. The van der Waals surface area contributed by atoms with Crippen molar-refractivity contribution in [2.24, 2.45) is 5.92 Å². The molecule has 0 radical (unpaired) electrons. The first kappa shape index (κ1) is 11.6. The minimum atomic E-state index is 0.782. The summed E-state index contributed by atoms with van der Waals surface area (Å²) in [5.74, 6) is 1.70. The maximum absolute atomic E-state index is 5.27. The zero-order valence-electron chi connectivity index (χ0n) is 11.0. The molecule has 1 aliphatic heterocycles. The molecule has 2 N–H and O–H groups in total. The maximum Gasteiger partial charge on any atom is 0.120 e. The van der Waals surface area contributed by atoms with Crippen LogP contribution in [0.1, 0.15) is 17.7 Å². The summed E-state index contributed by atoms with van der Waals surface area (Å²) >= 11 is 0. The van der Waals surface area contributed by atoms with E-state index >= 15 is 0 Å². The summed E-state index contributed by atoms with van der Waals surface area (Å²) in [4.78, 5) is 3.48. The normalized spacial score (nSPS) is 19.6. The Morgan fingerprint density at radius 2 is 2.28 bits per heavy atom. The van der Waals surface area contributed by atoms with Crippen LogP contribution >= 0.6 is 0 Å². The van der Waals surface area contributed by atoms with Crippen molar-refractivity contribution < 1.29 is 4.74 Å². The molecule has 18 heavy (non-hydrogen) atoms. The fraction of sp³-hybridized carbons (Fsp3) is 0.467. The molecule has 1 atom stereocenters. The van der Waals surface area contributed by atoms with Crippen molar-refractivity contribution in [1.29, 1.82) is 0 Å². The molecule has 96 valence electrons. The van der Waals surface area contributed by atoms with Gasteiger partial charge in [-0.05, 0) is 56.5 Å². The fourth-order valence-corrected chi connectivity index (χ4v) is 2.94. The van der Waals surface area contributed by atoms with Gasteiger partial charge in [0.25, 0.3) is 0 Å². The van der Waals surface area contributed by atoms with Gasteiger partial charge < -0.3 is 15.0 Å². The van der Waals surface area contributed by atoms with Gasteiger partial charge in [-0.3, -0.25) is 0 Å². The zero-order chi connectivity index (χ0) is 12.5. The molecule has 2 aromatic rings. The smallest absolute Gasteiger partial charge is 0.120 e. The zero-order valence-corrected chi connectivity index (χ0v) is 11.0. The molecule has 1 unspecified atom stereocenters. The van der Waals surface area contributed by atoms with Crippen molar-refractivity contribution in [3.8, 4) is 5.75 Å².